The molecule has 5 rings (SSSR count). The number of hydrogen-bond acceptors (Lipinski definition) is 5. The number of nitrogens with one attached hydrogen (secondary N) is 1. The Morgan fingerprint density at radius 1 is 0.757 bits per heavy atom. The van der Waals surface area contributed by atoms with Crippen molar-refractivity contribution in [3.8, 4) is 44.9 Å². The Hall–Kier alpha value is -4.91. The normalized spacial score (nSPS) is 10.8. The maximum atomic E-state index is 12.6. The summed E-state index contributed by atoms with van der Waals surface area (Å²) in [5, 5.41) is 2.71. The smallest absolute Gasteiger partial charge is 0.435 e. The van der Waals surface area contributed by atoms with E-state index in [2.05, 4.69) is 5.27 Å². The molecule has 1 N–H and O–H groups in total. The van der Waals surface area contributed by atoms with Crippen LogP contribution in [0.25, 0.3) is 39.2 Å². The van der Waals surface area contributed by atoms with Crippen LogP contribution in [-0.2, 0) is 4.74 Å². The van der Waals surface area contributed by atoms with E-state index >= 15 is 0 Å². The van der Waals surface area contributed by atoms with Gasteiger partial charge in [0.05, 0.1) is 24.8 Å². The highest BCUT2D eigenvalue weighted by atomic mass is 16.5. The molecule has 1 aromatic heterocycles. The van der Waals surface area contributed by atoms with Crippen molar-refractivity contribution >= 4 is 5.97 Å². The van der Waals surface area contributed by atoms with Gasteiger partial charge in [-0.15, -0.1) is 0 Å². The van der Waals surface area contributed by atoms with Crippen LogP contribution in [0.4, 0.5) is 0 Å². The van der Waals surface area contributed by atoms with Gasteiger partial charge in [0.1, 0.15) is 5.75 Å². The summed E-state index contributed by atoms with van der Waals surface area (Å²) >= 11 is 0. The molecule has 5 aromatic rings. The van der Waals surface area contributed by atoms with E-state index in [9.17, 15) is 9.59 Å². The third-order valence-electron chi connectivity index (χ3n) is 6.08. The molecule has 0 aliphatic rings. The van der Waals surface area contributed by atoms with Gasteiger partial charge in [-0.05, 0) is 87.7 Å². The zero-order valence-corrected chi connectivity index (χ0v) is 20.4. The zero-order chi connectivity index (χ0) is 25.8. The topological polar surface area (TPSA) is 85.4 Å². The fourth-order valence-corrected chi connectivity index (χ4v) is 4.12. The molecule has 0 atom stereocenters. The Kier molecular flexibility index (Phi) is 6.68. The number of methoxy groups -OCH3 is 1. The van der Waals surface area contributed by atoms with E-state index in [0.717, 1.165) is 33.7 Å². The number of hydrogen-bond donors (Lipinski definition) is 1. The third kappa shape index (κ3) is 4.92. The molecule has 4 aromatic carbocycles. The van der Waals surface area contributed by atoms with Crippen LogP contribution in [0.15, 0.2) is 106 Å². The Balaban J connectivity index is 1.39. The standard InChI is InChI=1S/C30H24N2O5/c1-3-36-29(33)25-10-6-21(7-11-25)20-4-8-24(9-5-20)28-30(34)37-31-32(28)26-16-12-22(13-17-26)23-14-18-27(35-2)19-15-23/h4-19H,3H2,1-2H3/p+1. The highest BCUT2D eigenvalue weighted by Crippen LogP contribution is 2.25. The van der Waals surface area contributed by atoms with E-state index in [1.54, 1.807) is 30.8 Å². The summed E-state index contributed by atoms with van der Waals surface area (Å²) in [5.74, 6) is 0.460. The largest absolute Gasteiger partial charge is 0.497 e. The number of ether oxygens (including phenoxy) is 2. The molecule has 7 heteroatoms. The number of esters is 1. The first kappa shape index (κ1) is 23.8. The van der Waals surface area contributed by atoms with Crippen molar-refractivity contribution in [2.75, 3.05) is 13.7 Å². The number of rotatable bonds is 7. The lowest BCUT2D eigenvalue weighted by Gasteiger charge is -2.05. The fourth-order valence-electron chi connectivity index (χ4n) is 4.12. The number of H-pyrrole nitrogens is 1. The van der Waals surface area contributed by atoms with Crippen molar-refractivity contribution in [2.24, 2.45) is 0 Å². The Bertz CT molecular complexity index is 1560. The van der Waals surface area contributed by atoms with E-state index in [-0.39, 0.29) is 5.97 Å². The van der Waals surface area contributed by atoms with Gasteiger partial charge in [-0.2, -0.15) is 0 Å². The van der Waals surface area contributed by atoms with Crippen molar-refractivity contribution in [2.45, 2.75) is 6.92 Å². The minimum atomic E-state index is -0.467. The molecule has 0 aliphatic carbocycles. The molecule has 7 nitrogen and oxygen atoms in total. The van der Waals surface area contributed by atoms with E-state index in [4.69, 9.17) is 14.0 Å². The fraction of sp³-hybridized carbons (Fsp3) is 0.100. The number of aromatic amines is 1. The molecule has 0 saturated heterocycles. The van der Waals surface area contributed by atoms with Crippen LogP contribution in [0.5, 0.6) is 5.75 Å². The van der Waals surface area contributed by atoms with Gasteiger partial charge in [0.15, 0.2) is 0 Å². The second kappa shape index (κ2) is 10.4. The van der Waals surface area contributed by atoms with Crippen LogP contribution in [-0.4, -0.2) is 25.0 Å². The summed E-state index contributed by atoms with van der Waals surface area (Å²) in [5.41, 5.74) is 5.90. The van der Waals surface area contributed by atoms with Gasteiger partial charge in [0.2, 0.25) is 5.69 Å². The number of aromatic nitrogens is 2. The summed E-state index contributed by atoms with van der Waals surface area (Å²) in [6, 6.07) is 30.5. The molecule has 0 spiro atoms. The van der Waals surface area contributed by atoms with E-state index in [1.807, 2.05) is 84.9 Å². The highest BCUT2D eigenvalue weighted by Gasteiger charge is 2.25. The zero-order valence-electron chi connectivity index (χ0n) is 20.4. The second-order valence-corrected chi connectivity index (χ2v) is 8.32. The second-order valence-electron chi connectivity index (χ2n) is 8.32. The van der Waals surface area contributed by atoms with Crippen molar-refractivity contribution in [1.82, 2.24) is 5.27 Å². The molecular weight excluding hydrogens is 468 g/mol. The van der Waals surface area contributed by atoms with E-state index in [0.29, 0.717) is 23.4 Å². The van der Waals surface area contributed by atoms with Crippen molar-refractivity contribution in [3.05, 3.63) is 113 Å². The first-order valence-corrected chi connectivity index (χ1v) is 11.8. The number of nitrogens with zero attached hydrogens (tertiary/aromatic N) is 1. The van der Waals surface area contributed by atoms with Crippen LogP contribution in [0.2, 0.25) is 0 Å². The van der Waals surface area contributed by atoms with Gasteiger partial charge >= 0.3 is 17.3 Å². The summed E-state index contributed by atoms with van der Waals surface area (Å²) < 4.78 is 17.0. The maximum Gasteiger partial charge on any atom is 0.435 e. The molecule has 1 heterocycles. The van der Waals surface area contributed by atoms with Crippen molar-refractivity contribution < 1.29 is 23.5 Å². The molecule has 184 valence electrons. The molecule has 0 saturated carbocycles. The third-order valence-corrected chi connectivity index (χ3v) is 6.08. The molecule has 0 radical (unpaired) electrons. The summed E-state index contributed by atoms with van der Waals surface area (Å²) in [6.07, 6.45) is 0. The first-order chi connectivity index (χ1) is 18.1. The van der Waals surface area contributed by atoms with Crippen LogP contribution in [0.1, 0.15) is 17.3 Å². The Morgan fingerprint density at radius 2 is 1.24 bits per heavy atom. The molecule has 0 aliphatic heterocycles. The number of carbonyl (C=O) groups is 1. The lowest BCUT2D eigenvalue weighted by molar-refractivity contribution is -0.660. The van der Waals surface area contributed by atoms with Gasteiger partial charge < -0.3 is 9.47 Å². The lowest BCUT2D eigenvalue weighted by Crippen LogP contribution is -2.36. The average Bonchev–Trinajstić information content (AvgIpc) is 3.34. The van der Waals surface area contributed by atoms with Gasteiger partial charge in [0, 0.05) is 12.1 Å². The summed E-state index contributed by atoms with van der Waals surface area (Å²) in [4.78, 5) is 24.5. The summed E-state index contributed by atoms with van der Waals surface area (Å²) in [6.45, 7) is 2.11. The van der Waals surface area contributed by atoms with Gasteiger partial charge in [0.25, 0.3) is 0 Å². The minimum Gasteiger partial charge on any atom is -0.497 e. The first-order valence-electron chi connectivity index (χ1n) is 11.8. The predicted octanol–water partition coefficient (Wildman–Crippen LogP) is 5.43. The number of carbonyl (C=O) groups excluding carboxylic acids is 1. The molecule has 0 amide bonds. The SMILES string of the molecule is CCOC(=O)c1ccc(-c2ccc(-c3c(=O)o[nH][n+]3-c3ccc(-c4ccc(OC)cc4)cc3)cc2)cc1. The quantitative estimate of drug-likeness (QED) is 0.241. The van der Waals surface area contributed by atoms with Crippen LogP contribution in [0.3, 0.4) is 0 Å². The Labute approximate surface area is 213 Å². The van der Waals surface area contributed by atoms with Gasteiger partial charge in [-0.3, -0.25) is 4.52 Å². The Morgan fingerprint density at radius 3 is 1.78 bits per heavy atom. The lowest BCUT2D eigenvalue weighted by atomic mass is 10.0. The minimum absolute atomic E-state index is 0.335. The molecular formula is C30H25N2O5+. The van der Waals surface area contributed by atoms with Crippen molar-refractivity contribution in [3.63, 3.8) is 0 Å². The van der Waals surface area contributed by atoms with Gasteiger partial charge in [-0.1, -0.05) is 36.4 Å². The van der Waals surface area contributed by atoms with Crippen molar-refractivity contribution in [1.29, 1.82) is 0 Å². The van der Waals surface area contributed by atoms with Gasteiger partial charge in [-0.25, -0.2) is 9.59 Å². The molecule has 37 heavy (non-hydrogen) atoms. The monoisotopic (exact) mass is 493 g/mol. The average molecular weight is 494 g/mol. The van der Waals surface area contributed by atoms with E-state index < -0.39 is 5.63 Å². The predicted molar refractivity (Wildman–Crippen MR) is 140 cm³/mol. The molecule has 0 bridgehead atoms. The number of benzene rings is 4. The van der Waals surface area contributed by atoms with Crippen LogP contribution < -0.4 is 15.0 Å². The summed E-state index contributed by atoms with van der Waals surface area (Å²) in [7, 11) is 1.64. The maximum absolute atomic E-state index is 12.6. The van der Waals surface area contributed by atoms with E-state index in [1.165, 1.54) is 0 Å². The molecule has 0 unspecified atom stereocenters. The van der Waals surface area contributed by atoms with Crippen LogP contribution in [0, 0.1) is 0 Å². The molecule has 0 fully saturated rings. The van der Waals surface area contributed by atoms with Crippen LogP contribution >= 0.6 is 0 Å². The highest BCUT2D eigenvalue weighted by molar-refractivity contribution is 5.90.